The summed E-state index contributed by atoms with van der Waals surface area (Å²) in [6.07, 6.45) is -2.26. The number of halogens is 4. The van der Waals surface area contributed by atoms with E-state index in [9.17, 15) is 22.8 Å². The number of hydrogen-bond donors (Lipinski definition) is 2. The van der Waals surface area contributed by atoms with Crippen molar-refractivity contribution in [3.63, 3.8) is 0 Å². The topological polar surface area (TPSA) is 94.2 Å². The van der Waals surface area contributed by atoms with E-state index in [-0.39, 0.29) is 16.9 Å². The number of H-pyrrole nitrogens is 1. The number of nitrogens with zero attached hydrogens (tertiary/aromatic N) is 4. The SMILES string of the molecule is CCc1nc2ccc(CN3CCN(c4ccc(C(=O)NCC(F)F)nc4F)CC3)c(F)c2[nH]c1=O. The highest BCUT2D eigenvalue weighted by atomic mass is 19.3. The lowest BCUT2D eigenvalue weighted by Crippen LogP contribution is -2.46. The van der Waals surface area contributed by atoms with Gasteiger partial charge in [-0.05, 0) is 24.6 Å². The fourth-order valence-corrected chi connectivity index (χ4v) is 4.00. The van der Waals surface area contributed by atoms with E-state index in [1.807, 2.05) is 10.2 Å². The van der Waals surface area contributed by atoms with Gasteiger partial charge >= 0.3 is 0 Å². The van der Waals surface area contributed by atoms with E-state index in [1.165, 1.54) is 12.1 Å². The highest BCUT2D eigenvalue weighted by molar-refractivity contribution is 5.92. The number of nitrogens with one attached hydrogen (secondary N) is 2. The Bertz CT molecular complexity index is 1290. The molecule has 2 N–H and O–H groups in total. The highest BCUT2D eigenvalue weighted by Gasteiger charge is 2.23. The zero-order valence-electron chi connectivity index (χ0n) is 19.0. The number of anilines is 1. The Morgan fingerprint density at radius 3 is 2.51 bits per heavy atom. The van der Waals surface area contributed by atoms with Crippen LogP contribution in [0.5, 0.6) is 0 Å². The minimum Gasteiger partial charge on any atom is -0.365 e. The number of pyridine rings is 1. The van der Waals surface area contributed by atoms with Crippen LogP contribution in [0.4, 0.5) is 23.2 Å². The van der Waals surface area contributed by atoms with E-state index >= 15 is 4.39 Å². The highest BCUT2D eigenvalue weighted by Crippen LogP contribution is 2.22. The van der Waals surface area contributed by atoms with Gasteiger partial charge in [0.05, 0.1) is 17.7 Å². The molecule has 3 heterocycles. The molecule has 2 aromatic heterocycles. The van der Waals surface area contributed by atoms with Crippen LogP contribution in [0.2, 0.25) is 0 Å². The van der Waals surface area contributed by atoms with Crippen molar-refractivity contribution in [1.29, 1.82) is 0 Å². The maximum atomic E-state index is 15.1. The number of benzene rings is 1. The van der Waals surface area contributed by atoms with E-state index in [1.54, 1.807) is 24.0 Å². The van der Waals surface area contributed by atoms with E-state index < -0.39 is 36.2 Å². The van der Waals surface area contributed by atoms with Crippen LogP contribution >= 0.6 is 0 Å². The van der Waals surface area contributed by atoms with Gasteiger partial charge in [-0.2, -0.15) is 4.39 Å². The molecule has 8 nitrogen and oxygen atoms in total. The normalized spacial score (nSPS) is 14.6. The van der Waals surface area contributed by atoms with Gasteiger partial charge in [-0.25, -0.2) is 23.1 Å². The van der Waals surface area contributed by atoms with Crippen LogP contribution in [0.3, 0.4) is 0 Å². The van der Waals surface area contributed by atoms with Gasteiger partial charge in [-0.3, -0.25) is 14.5 Å². The molecule has 0 atom stereocenters. The number of carbonyl (C=O) groups is 1. The van der Waals surface area contributed by atoms with Crippen LogP contribution in [-0.4, -0.2) is 64.9 Å². The molecule has 0 unspecified atom stereocenters. The van der Waals surface area contributed by atoms with Gasteiger partial charge in [0.2, 0.25) is 5.95 Å². The quantitative estimate of drug-likeness (QED) is 0.389. The number of rotatable bonds is 7. The van der Waals surface area contributed by atoms with Crippen molar-refractivity contribution < 1.29 is 22.4 Å². The number of piperazine rings is 1. The second kappa shape index (κ2) is 10.4. The summed E-state index contributed by atoms with van der Waals surface area (Å²) in [5, 5.41) is 1.99. The average molecular weight is 492 g/mol. The predicted octanol–water partition coefficient (Wildman–Crippen LogP) is 2.48. The molecular weight excluding hydrogens is 468 g/mol. The molecule has 1 aliphatic heterocycles. The Morgan fingerprint density at radius 2 is 1.86 bits per heavy atom. The fourth-order valence-electron chi connectivity index (χ4n) is 4.00. The zero-order valence-corrected chi connectivity index (χ0v) is 19.0. The van der Waals surface area contributed by atoms with Gasteiger partial charge in [-0.1, -0.05) is 13.0 Å². The summed E-state index contributed by atoms with van der Waals surface area (Å²) in [7, 11) is 0. The van der Waals surface area contributed by atoms with Crippen molar-refractivity contribution in [2.75, 3.05) is 37.6 Å². The second-order valence-corrected chi connectivity index (χ2v) is 8.17. The number of aryl methyl sites for hydroxylation is 1. The van der Waals surface area contributed by atoms with Gasteiger partial charge < -0.3 is 15.2 Å². The molecule has 0 aliphatic carbocycles. The Kier molecular flexibility index (Phi) is 7.29. The molecule has 12 heteroatoms. The summed E-state index contributed by atoms with van der Waals surface area (Å²) in [5.41, 5.74) is 0.746. The first-order chi connectivity index (χ1) is 16.8. The van der Waals surface area contributed by atoms with Crippen LogP contribution in [0.25, 0.3) is 11.0 Å². The zero-order chi connectivity index (χ0) is 25.1. The molecule has 3 aromatic rings. The first-order valence-electron chi connectivity index (χ1n) is 11.2. The first-order valence-corrected chi connectivity index (χ1v) is 11.2. The summed E-state index contributed by atoms with van der Waals surface area (Å²) in [6, 6.07) is 6.01. The van der Waals surface area contributed by atoms with Crippen molar-refractivity contribution in [3.05, 3.63) is 63.3 Å². The maximum absolute atomic E-state index is 15.1. The lowest BCUT2D eigenvalue weighted by Gasteiger charge is -2.36. The molecule has 1 amide bonds. The van der Waals surface area contributed by atoms with E-state index in [4.69, 9.17) is 0 Å². The summed E-state index contributed by atoms with van der Waals surface area (Å²) in [6.45, 7) is 3.16. The van der Waals surface area contributed by atoms with E-state index in [0.717, 1.165) is 0 Å². The number of alkyl halides is 2. The second-order valence-electron chi connectivity index (χ2n) is 8.17. The molecule has 0 saturated carbocycles. The third kappa shape index (κ3) is 5.42. The lowest BCUT2D eigenvalue weighted by atomic mass is 10.1. The molecule has 1 fully saturated rings. The molecule has 1 saturated heterocycles. The van der Waals surface area contributed by atoms with Crippen molar-refractivity contribution >= 4 is 22.6 Å². The molecule has 186 valence electrons. The van der Waals surface area contributed by atoms with E-state index in [2.05, 4.69) is 15.0 Å². The van der Waals surface area contributed by atoms with Crippen LogP contribution in [0.1, 0.15) is 28.7 Å². The minimum absolute atomic E-state index is 0.0779. The lowest BCUT2D eigenvalue weighted by molar-refractivity contribution is 0.0886. The number of hydrogen-bond acceptors (Lipinski definition) is 6. The fraction of sp³-hybridized carbons (Fsp3) is 0.391. The van der Waals surface area contributed by atoms with Crippen molar-refractivity contribution in [3.8, 4) is 0 Å². The first kappa shape index (κ1) is 24.6. The Hall–Kier alpha value is -3.54. The predicted molar refractivity (Wildman–Crippen MR) is 122 cm³/mol. The molecule has 0 bridgehead atoms. The van der Waals surface area contributed by atoms with Gasteiger partial charge in [0, 0.05) is 38.3 Å². The van der Waals surface area contributed by atoms with Crippen LogP contribution in [0.15, 0.2) is 29.1 Å². The number of fused-ring (bicyclic) bond motifs is 1. The standard InChI is InChI=1S/C23H24F4N6O2/c1-2-14-23(35)31-20-15(29-14)4-3-13(19(20)26)12-32-7-9-33(10-8-32)17-6-5-16(30-21(17)27)22(34)28-11-18(24)25/h3-6,18H,2,7-12H2,1H3,(H,28,34)(H,31,35). The summed E-state index contributed by atoms with van der Waals surface area (Å²) >= 11 is 0. The van der Waals surface area contributed by atoms with Crippen molar-refractivity contribution in [1.82, 2.24) is 25.2 Å². The molecule has 35 heavy (non-hydrogen) atoms. The van der Waals surface area contributed by atoms with Gasteiger partial charge in [0.15, 0.2) is 5.82 Å². The van der Waals surface area contributed by atoms with Gasteiger partial charge in [0.1, 0.15) is 16.9 Å². The molecule has 1 aromatic carbocycles. The Balaban J connectivity index is 1.40. The Labute approximate surface area is 198 Å². The van der Waals surface area contributed by atoms with Gasteiger partial charge in [0.25, 0.3) is 17.9 Å². The summed E-state index contributed by atoms with van der Waals surface area (Å²) in [5.74, 6) is -2.26. The third-order valence-electron chi connectivity index (χ3n) is 5.88. The van der Waals surface area contributed by atoms with E-state index in [0.29, 0.717) is 55.9 Å². The summed E-state index contributed by atoms with van der Waals surface area (Å²) in [4.78, 5) is 38.0. The third-order valence-corrected chi connectivity index (χ3v) is 5.88. The minimum atomic E-state index is -2.71. The van der Waals surface area contributed by atoms with Crippen LogP contribution in [0, 0.1) is 11.8 Å². The van der Waals surface area contributed by atoms with Gasteiger partial charge in [-0.15, -0.1) is 0 Å². The average Bonchev–Trinajstić information content (AvgIpc) is 2.85. The Morgan fingerprint density at radius 1 is 1.11 bits per heavy atom. The van der Waals surface area contributed by atoms with Crippen LogP contribution < -0.4 is 15.8 Å². The number of carbonyl (C=O) groups excluding carboxylic acids is 1. The summed E-state index contributed by atoms with van der Waals surface area (Å²) < 4.78 is 54.1. The number of aromatic nitrogens is 3. The molecule has 0 radical (unpaired) electrons. The van der Waals surface area contributed by atoms with Crippen LogP contribution in [-0.2, 0) is 13.0 Å². The molecule has 4 rings (SSSR count). The molecular formula is C23H24F4N6O2. The molecule has 1 aliphatic rings. The maximum Gasteiger partial charge on any atom is 0.270 e. The van der Waals surface area contributed by atoms with Crippen molar-refractivity contribution in [2.45, 2.75) is 26.3 Å². The number of aromatic amines is 1. The number of amides is 1. The smallest absolute Gasteiger partial charge is 0.270 e. The monoisotopic (exact) mass is 492 g/mol. The molecule has 0 spiro atoms. The van der Waals surface area contributed by atoms with Crippen molar-refractivity contribution in [2.24, 2.45) is 0 Å². The largest absolute Gasteiger partial charge is 0.365 e.